The lowest BCUT2D eigenvalue weighted by atomic mass is 9.67. The summed E-state index contributed by atoms with van der Waals surface area (Å²) in [5.41, 5.74) is 2.08. The summed E-state index contributed by atoms with van der Waals surface area (Å²) in [7, 11) is 0. The molecule has 0 aliphatic carbocycles. The van der Waals surface area contributed by atoms with E-state index in [0.29, 0.717) is 34.5 Å². The highest BCUT2D eigenvalue weighted by atomic mass is 35.5. The minimum Gasteiger partial charge on any atom is -0.494 e. The maximum Gasteiger partial charge on any atom is 0.308 e. The third kappa shape index (κ3) is 11.5. The second-order valence-corrected chi connectivity index (χ2v) is 16.2. The van der Waals surface area contributed by atoms with Crippen molar-refractivity contribution in [1.82, 2.24) is 4.90 Å². The highest BCUT2D eigenvalue weighted by Crippen LogP contribution is 2.45. The Morgan fingerprint density at radius 3 is 2.31 bits per heavy atom. The molecule has 0 bridgehead atoms. The van der Waals surface area contributed by atoms with E-state index in [0.717, 1.165) is 95.3 Å². The molecule has 11 heteroatoms. The number of carbonyl (C=O) groups is 2. The molecule has 2 N–H and O–H groups in total. The summed E-state index contributed by atoms with van der Waals surface area (Å²) in [5, 5.41) is 22.1. The fraction of sp³-hybridized carbons (Fsp3) is 0.659. The van der Waals surface area contributed by atoms with E-state index in [-0.39, 0.29) is 29.6 Å². The van der Waals surface area contributed by atoms with E-state index in [1.807, 2.05) is 24.3 Å². The fourth-order valence-corrected chi connectivity index (χ4v) is 8.14. The molecule has 3 atom stereocenters. The van der Waals surface area contributed by atoms with Crippen LogP contribution in [0.4, 0.5) is 11.4 Å². The van der Waals surface area contributed by atoms with E-state index in [4.69, 9.17) is 32.7 Å². The summed E-state index contributed by atoms with van der Waals surface area (Å²) in [6.45, 7) is 16.0. The predicted octanol–water partition coefficient (Wildman–Crippen LogP) is 8.63. The van der Waals surface area contributed by atoms with Gasteiger partial charge < -0.3 is 24.6 Å². The van der Waals surface area contributed by atoms with Crippen molar-refractivity contribution >= 4 is 46.5 Å². The lowest BCUT2D eigenvalue weighted by Gasteiger charge is -2.40. The van der Waals surface area contributed by atoms with Crippen LogP contribution in [0.15, 0.2) is 36.4 Å². The van der Waals surface area contributed by atoms with Gasteiger partial charge in [0.05, 0.1) is 34.4 Å². The highest BCUT2D eigenvalue weighted by Gasteiger charge is 2.40. The second-order valence-electron chi connectivity index (χ2n) is 15.4. The maximum atomic E-state index is 13.5. The molecule has 2 aliphatic rings. The van der Waals surface area contributed by atoms with Crippen LogP contribution < -0.4 is 14.5 Å². The number of aliphatic hydroxyl groups excluding tert-OH is 1. The molecular formula is C41H61Cl2N3O6. The molecular weight excluding hydrogens is 701 g/mol. The molecule has 2 aromatic carbocycles. The number of rotatable bonds is 20. The minimum atomic E-state index is -2.07. The summed E-state index contributed by atoms with van der Waals surface area (Å²) in [5.74, 6) is -0.305. The molecule has 2 aliphatic heterocycles. The summed E-state index contributed by atoms with van der Waals surface area (Å²) in [6.07, 6.45) is 6.25. The summed E-state index contributed by atoms with van der Waals surface area (Å²) in [4.78, 5) is 32.8. The van der Waals surface area contributed by atoms with E-state index >= 15 is 0 Å². The minimum absolute atomic E-state index is 0.0944. The Morgan fingerprint density at radius 1 is 0.904 bits per heavy atom. The Kier molecular flexibility index (Phi) is 16.0. The molecule has 1 fully saturated rings. The van der Waals surface area contributed by atoms with Gasteiger partial charge in [-0.2, -0.15) is 0 Å². The Hall–Kier alpha value is -2.56. The van der Waals surface area contributed by atoms with Gasteiger partial charge in [0.15, 0.2) is 0 Å². The van der Waals surface area contributed by atoms with Crippen LogP contribution in [-0.2, 0) is 20.7 Å². The van der Waals surface area contributed by atoms with Gasteiger partial charge in [-0.1, -0.05) is 102 Å². The molecule has 4 rings (SSSR count). The average Bonchev–Trinajstić information content (AvgIpc) is 3.12. The van der Waals surface area contributed by atoms with Crippen LogP contribution in [0.3, 0.4) is 0 Å². The van der Waals surface area contributed by atoms with Crippen LogP contribution in [-0.4, -0.2) is 78.8 Å². The van der Waals surface area contributed by atoms with E-state index in [9.17, 15) is 19.8 Å². The van der Waals surface area contributed by atoms with Crippen LogP contribution in [0.1, 0.15) is 111 Å². The number of ether oxygens (including phenoxy) is 2. The van der Waals surface area contributed by atoms with Gasteiger partial charge in [-0.05, 0) is 73.2 Å². The Bertz CT molecular complexity index is 1470. The van der Waals surface area contributed by atoms with Crippen LogP contribution in [0, 0.1) is 10.8 Å². The lowest BCUT2D eigenvalue weighted by molar-refractivity contribution is -0.179. The first-order chi connectivity index (χ1) is 24.8. The SMILES string of the molecule is CCCCCC(C)(CC)CC(C)(CC)CC(=O)OC(C(O)O)N1C(=O)CCc2ccc(OCCCCN3CCN(c4cccc(Cl)c4Cl)CC3)cc21. The maximum absolute atomic E-state index is 13.5. The third-order valence-corrected chi connectivity index (χ3v) is 12.1. The zero-order valence-electron chi connectivity index (χ0n) is 32.0. The van der Waals surface area contributed by atoms with Gasteiger partial charge in [0.2, 0.25) is 18.4 Å². The van der Waals surface area contributed by atoms with Gasteiger partial charge in [-0.25, -0.2) is 0 Å². The van der Waals surface area contributed by atoms with Gasteiger partial charge in [-0.15, -0.1) is 0 Å². The number of hydrogen-bond acceptors (Lipinski definition) is 8. The smallest absolute Gasteiger partial charge is 0.308 e. The summed E-state index contributed by atoms with van der Waals surface area (Å²) < 4.78 is 11.9. The number of carbonyl (C=O) groups excluding carboxylic acids is 2. The normalized spacial score (nSPS) is 18.2. The molecule has 1 saturated heterocycles. The fourth-order valence-electron chi connectivity index (χ4n) is 7.73. The number of esters is 1. The topological polar surface area (TPSA) is 103 Å². The number of fused-ring (bicyclic) bond motifs is 1. The zero-order chi connectivity index (χ0) is 37.9. The Labute approximate surface area is 321 Å². The molecule has 0 aromatic heterocycles. The lowest BCUT2D eigenvalue weighted by Crippen LogP contribution is -2.52. The first-order valence-corrected chi connectivity index (χ1v) is 20.1. The first-order valence-electron chi connectivity index (χ1n) is 19.4. The van der Waals surface area contributed by atoms with Crippen molar-refractivity contribution in [2.75, 3.05) is 49.1 Å². The van der Waals surface area contributed by atoms with Gasteiger partial charge >= 0.3 is 5.97 Å². The number of aryl methyl sites for hydroxylation is 1. The number of nitrogens with zero attached hydrogens (tertiary/aromatic N) is 3. The molecule has 2 aromatic rings. The highest BCUT2D eigenvalue weighted by molar-refractivity contribution is 6.43. The molecule has 9 nitrogen and oxygen atoms in total. The van der Waals surface area contributed by atoms with Crippen molar-refractivity contribution in [1.29, 1.82) is 0 Å². The average molecular weight is 763 g/mol. The van der Waals surface area contributed by atoms with Crippen LogP contribution in [0.2, 0.25) is 10.0 Å². The standard InChI is InChI=1S/C41H61Cl2N3O6/c1-6-9-10-20-40(4,7-2)29-41(5,8-3)28-36(48)52-38(39(49)50)46-34-27-31(18-16-30(34)17-19-35(46)47)51-26-12-11-21-44-22-24-45(25-23-44)33-15-13-14-32(42)37(33)43/h13-16,18,27,38-39,49-50H,6-12,17,19-26,28-29H2,1-5H3. The van der Waals surface area contributed by atoms with Gasteiger partial charge in [-0.3, -0.25) is 19.4 Å². The van der Waals surface area contributed by atoms with Crippen LogP contribution >= 0.6 is 23.2 Å². The second kappa shape index (κ2) is 19.7. The molecule has 1 amide bonds. The number of halogens is 2. The van der Waals surface area contributed by atoms with Crippen LogP contribution in [0.25, 0.3) is 0 Å². The molecule has 0 saturated carbocycles. The number of benzene rings is 2. The summed E-state index contributed by atoms with van der Waals surface area (Å²) >= 11 is 12.7. The number of amides is 1. The van der Waals surface area contributed by atoms with Crippen molar-refractivity contribution in [3.8, 4) is 5.75 Å². The predicted molar refractivity (Wildman–Crippen MR) is 210 cm³/mol. The van der Waals surface area contributed by atoms with Crippen molar-refractivity contribution in [3.05, 3.63) is 52.0 Å². The summed E-state index contributed by atoms with van der Waals surface area (Å²) in [6, 6.07) is 11.3. The zero-order valence-corrected chi connectivity index (χ0v) is 33.5. The van der Waals surface area contributed by atoms with E-state index < -0.39 is 18.5 Å². The molecule has 0 radical (unpaired) electrons. The molecule has 290 valence electrons. The van der Waals surface area contributed by atoms with Crippen molar-refractivity contribution in [3.63, 3.8) is 0 Å². The number of hydrogen-bond donors (Lipinski definition) is 2. The quantitative estimate of drug-likeness (QED) is 0.0786. The number of piperazine rings is 1. The molecule has 2 heterocycles. The van der Waals surface area contributed by atoms with Crippen LogP contribution in [0.5, 0.6) is 5.75 Å². The van der Waals surface area contributed by atoms with Gasteiger partial charge in [0.25, 0.3) is 0 Å². The Balaban J connectivity index is 1.32. The number of unbranched alkanes of at least 4 members (excludes halogenated alkanes) is 3. The number of aliphatic hydroxyl groups is 2. The first kappa shape index (κ1) is 42.2. The Morgan fingerprint density at radius 2 is 1.63 bits per heavy atom. The molecule has 0 spiro atoms. The molecule has 52 heavy (non-hydrogen) atoms. The largest absolute Gasteiger partial charge is 0.494 e. The van der Waals surface area contributed by atoms with E-state index in [1.54, 1.807) is 12.1 Å². The van der Waals surface area contributed by atoms with E-state index in [1.165, 1.54) is 11.3 Å². The van der Waals surface area contributed by atoms with E-state index in [2.05, 4.69) is 44.4 Å². The monoisotopic (exact) mass is 761 g/mol. The van der Waals surface area contributed by atoms with Gasteiger partial charge in [0, 0.05) is 38.7 Å². The van der Waals surface area contributed by atoms with Gasteiger partial charge in [0.1, 0.15) is 5.75 Å². The van der Waals surface area contributed by atoms with Crippen molar-refractivity contribution in [2.45, 2.75) is 124 Å². The number of anilines is 2. The molecule has 3 unspecified atom stereocenters. The third-order valence-electron chi connectivity index (χ3n) is 11.3. The van der Waals surface area contributed by atoms with Crippen molar-refractivity contribution < 1.29 is 29.3 Å². The van der Waals surface area contributed by atoms with Crippen molar-refractivity contribution in [2.24, 2.45) is 10.8 Å².